The lowest BCUT2D eigenvalue weighted by atomic mass is 9.97. The molecule has 0 unspecified atom stereocenters. The Labute approximate surface area is 126 Å². The van der Waals surface area contributed by atoms with Gasteiger partial charge in [0.25, 0.3) is 0 Å². The number of rotatable bonds is 1. The normalized spacial score (nSPS) is 18.4. The van der Waals surface area contributed by atoms with Gasteiger partial charge in [0.2, 0.25) is 0 Å². The number of hydrogen-bond donors (Lipinski definition) is 1. The van der Waals surface area contributed by atoms with Gasteiger partial charge in [-0.1, -0.05) is 37.2 Å². The van der Waals surface area contributed by atoms with E-state index in [1.165, 1.54) is 0 Å². The molecular formula is C13H16BrClN2S. The third-order valence-corrected chi connectivity index (χ3v) is 5.23. The maximum atomic E-state index is 6.14. The Bertz CT molecular complexity index is 500. The van der Waals surface area contributed by atoms with Crippen molar-refractivity contribution in [2.24, 2.45) is 10.4 Å². The number of aryl methyl sites for hydroxylation is 1. The highest BCUT2D eigenvalue weighted by Gasteiger charge is 2.23. The summed E-state index contributed by atoms with van der Waals surface area (Å²) in [6.45, 7) is 7.32. The Morgan fingerprint density at radius 1 is 1.44 bits per heavy atom. The largest absolute Gasteiger partial charge is 0.334 e. The average molecular weight is 348 g/mol. The van der Waals surface area contributed by atoms with Crippen molar-refractivity contribution in [3.63, 3.8) is 0 Å². The van der Waals surface area contributed by atoms with Crippen molar-refractivity contribution in [1.82, 2.24) is 0 Å². The van der Waals surface area contributed by atoms with E-state index in [1.54, 1.807) is 11.8 Å². The maximum absolute atomic E-state index is 6.14. The zero-order valence-corrected chi connectivity index (χ0v) is 13.8. The summed E-state index contributed by atoms with van der Waals surface area (Å²) in [6, 6.07) is 3.95. The minimum Gasteiger partial charge on any atom is -0.334 e. The molecule has 0 radical (unpaired) electrons. The number of benzene rings is 1. The first-order chi connectivity index (χ1) is 8.37. The summed E-state index contributed by atoms with van der Waals surface area (Å²) < 4.78 is 1.01. The van der Waals surface area contributed by atoms with Crippen LogP contribution in [0.15, 0.2) is 21.6 Å². The van der Waals surface area contributed by atoms with E-state index in [4.69, 9.17) is 11.6 Å². The molecule has 1 aliphatic rings. The fraction of sp³-hybridized carbons (Fsp3) is 0.462. The zero-order chi connectivity index (χ0) is 13.3. The van der Waals surface area contributed by atoms with E-state index >= 15 is 0 Å². The monoisotopic (exact) mass is 346 g/mol. The van der Waals surface area contributed by atoms with Crippen LogP contribution in [0.4, 0.5) is 5.69 Å². The second-order valence-electron chi connectivity index (χ2n) is 5.28. The van der Waals surface area contributed by atoms with E-state index in [0.717, 1.165) is 38.2 Å². The van der Waals surface area contributed by atoms with Crippen LogP contribution in [0, 0.1) is 12.3 Å². The predicted octanol–water partition coefficient (Wildman–Crippen LogP) is 4.95. The van der Waals surface area contributed by atoms with E-state index < -0.39 is 0 Å². The molecule has 2 nitrogen and oxygen atoms in total. The first-order valence-electron chi connectivity index (χ1n) is 5.77. The van der Waals surface area contributed by atoms with Crippen LogP contribution in [0.1, 0.15) is 19.4 Å². The van der Waals surface area contributed by atoms with Crippen molar-refractivity contribution in [3.8, 4) is 0 Å². The van der Waals surface area contributed by atoms with Gasteiger partial charge >= 0.3 is 0 Å². The minimum atomic E-state index is 0.290. The maximum Gasteiger partial charge on any atom is 0.161 e. The SMILES string of the molecule is Cc1cc(Br)c(NC2=NCC(C)(C)CS2)cc1Cl. The van der Waals surface area contributed by atoms with Gasteiger partial charge in [-0.3, -0.25) is 4.99 Å². The Kier molecular flexibility index (Phi) is 4.29. The zero-order valence-electron chi connectivity index (χ0n) is 10.7. The Hall–Kier alpha value is -0.190. The number of nitrogens with zero attached hydrogens (tertiary/aromatic N) is 1. The fourth-order valence-corrected chi connectivity index (χ4v) is 3.25. The molecule has 1 aromatic rings. The van der Waals surface area contributed by atoms with Crippen LogP contribution in [-0.4, -0.2) is 17.5 Å². The molecule has 98 valence electrons. The Balaban J connectivity index is 2.16. The molecule has 0 aromatic heterocycles. The highest BCUT2D eigenvalue weighted by molar-refractivity contribution is 9.10. The molecule has 0 saturated carbocycles. The topological polar surface area (TPSA) is 24.4 Å². The smallest absolute Gasteiger partial charge is 0.161 e. The Morgan fingerprint density at radius 2 is 2.17 bits per heavy atom. The predicted molar refractivity (Wildman–Crippen MR) is 86.1 cm³/mol. The summed E-state index contributed by atoms with van der Waals surface area (Å²) in [4.78, 5) is 4.58. The summed E-state index contributed by atoms with van der Waals surface area (Å²) in [5.74, 6) is 1.08. The lowest BCUT2D eigenvalue weighted by Gasteiger charge is -2.27. The lowest BCUT2D eigenvalue weighted by molar-refractivity contribution is 0.438. The summed E-state index contributed by atoms with van der Waals surface area (Å²) in [5, 5.41) is 5.07. The lowest BCUT2D eigenvalue weighted by Crippen LogP contribution is -2.27. The molecular weight excluding hydrogens is 332 g/mol. The standard InChI is InChI=1S/C13H16BrClN2S/c1-8-4-9(14)11(5-10(8)15)17-12-16-6-13(2,3)7-18-12/h4-5H,6-7H2,1-3H3,(H,16,17). The van der Waals surface area contributed by atoms with Crippen molar-refractivity contribution in [2.45, 2.75) is 20.8 Å². The Morgan fingerprint density at radius 3 is 2.78 bits per heavy atom. The number of nitrogens with one attached hydrogen (secondary N) is 1. The van der Waals surface area contributed by atoms with Gasteiger partial charge in [0.05, 0.1) is 5.69 Å². The summed E-state index contributed by atoms with van der Waals surface area (Å²) in [6.07, 6.45) is 0. The molecule has 2 rings (SSSR count). The third kappa shape index (κ3) is 3.43. The van der Waals surface area contributed by atoms with Crippen LogP contribution in [0.25, 0.3) is 0 Å². The van der Waals surface area contributed by atoms with Gasteiger partial charge in [-0.15, -0.1) is 0 Å². The van der Waals surface area contributed by atoms with Crippen LogP contribution >= 0.6 is 39.3 Å². The molecule has 5 heteroatoms. The number of thioether (sulfide) groups is 1. The van der Waals surface area contributed by atoms with E-state index in [9.17, 15) is 0 Å². The van der Waals surface area contributed by atoms with Crippen LogP contribution in [0.5, 0.6) is 0 Å². The van der Waals surface area contributed by atoms with Gasteiger partial charge in [-0.05, 0) is 46.0 Å². The van der Waals surface area contributed by atoms with Gasteiger partial charge in [-0.25, -0.2) is 0 Å². The highest BCUT2D eigenvalue weighted by Crippen LogP contribution is 2.32. The second-order valence-corrected chi connectivity index (χ2v) is 7.51. The van der Waals surface area contributed by atoms with Crippen molar-refractivity contribution in [3.05, 3.63) is 27.2 Å². The number of anilines is 1. The van der Waals surface area contributed by atoms with Crippen molar-refractivity contribution >= 4 is 50.1 Å². The molecule has 0 aliphatic carbocycles. The van der Waals surface area contributed by atoms with E-state index in [1.807, 2.05) is 19.1 Å². The van der Waals surface area contributed by atoms with Crippen LogP contribution < -0.4 is 5.32 Å². The quantitative estimate of drug-likeness (QED) is 0.777. The minimum absolute atomic E-state index is 0.290. The van der Waals surface area contributed by atoms with Crippen molar-refractivity contribution in [1.29, 1.82) is 0 Å². The van der Waals surface area contributed by atoms with Crippen LogP contribution in [-0.2, 0) is 0 Å². The fourth-order valence-electron chi connectivity index (χ4n) is 1.57. The summed E-state index contributed by atoms with van der Waals surface area (Å²) >= 11 is 11.4. The second kappa shape index (κ2) is 5.43. The van der Waals surface area contributed by atoms with Gasteiger partial charge in [0.1, 0.15) is 0 Å². The van der Waals surface area contributed by atoms with Crippen LogP contribution in [0.3, 0.4) is 0 Å². The summed E-state index contributed by atoms with van der Waals surface area (Å²) in [7, 11) is 0. The average Bonchev–Trinajstić information content (AvgIpc) is 2.28. The molecule has 0 saturated heterocycles. The molecule has 1 aromatic carbocycles. The number of aliphatic imine (C=N–C) groups is 1. The number of halogens is 2. The van der Waals surface area contributed by atoms with Crippen molar-refractivity contribution < 1.29 is 0 Å². The van der Waals surface area contributed by atoms with E-state index in [0.29, 0.717) is 0 Å². The van der Waals surface area contributed by atoms with Gasteiger partial charge in [0.15, 0.2) is 5.17 Å². The summed E-state index contributed by atoms with van der Waals surface area (Å²) in [5.41, 5.74) is 2.32. The molecule has 0 bridgehead atoms. The van der Waals surface area contributed by atoms with E-state index in [-0.39, 0.29) is 5.41 Å². The van der Waals surface area contributed by atoms with Crippen molar-refractivity contribution in [2.75, 3.05) is 17.6 Å². The number of hydrogen-bond acceptors (Lipinski definition) is 3. The molecule has 1 N–H and O–H groups in total. The third-order valence-electron chi connectivity index (χ3n) is 2.74. The van der Waals surface area contributed by atoms with Gasteiger partial charge in [-0.2, -0.15) is 0 Å². The molecule has 0 spiro atoms. The molecule has 0 amide bonds. The van der Waals surface area contributed by atoms with Gasteiger partial charge < -0.3 is 5.32 Å². The van der Waals surface area contributed by atoms with Crippen LogP contribution in [0.2, 0.25) is 5.02 Å². The molecule has 1 heterocycles. The van der Waals surface area contributed by atoms with E-state index in [2.05, 4.69) is 40.1 Å². The first-order valence-corrected chi connectivity index (χ1v) is 7.93. The molecule has 1 aliphatic heterocycles. The molecule has 0 fully saturated rings. The number of amidine groups is 1. The first kappa shape index (κ1) is 14.2. The molecule has 18 heavy (non-hydrogen) atoms. The highest BCUT2D eigenvalue weighted by atomic mass is 79.9. The molecule has 0 atom stereocenters. The van der Waals surface area contributed by atoms with Gasteiger partial charge in [0, 0.05) is 21.8 Å².